The molecule has 1 aromatic carbocycles. The summed E-state index contributed by atoms with van der Waals surface area (Å²) < 4.78 is 5.60. The Morgan fingerprint density at radius 3 is 2.40 bits per heavy atom. The van der Waals surface area contributed by atoms with Gasteiger partial charge in [0, 0.05) is 43.7 Å². The van der Waals surface area contributed by atoms with E-state index >= 15 is 0 Å². The quantitative estimate of drug-likeness (QED) is 0.374. The molecule has 1 aliphatic heterocycles. The average Bonchev–Trinajstić information content (AvgIpc) is 2.63. The molecule has 1 aromatic rings. The predicted octanol–water partition coefficient (Wildman–Crippen LogP) is 2.95. The molecule has 7 heteroatoms. The third-order valence-electron chi connectivity index (χ3n) is 4.23. The summed E-state index contributed by atoms with van der Waals surface area (Å²) in [5, 5.41) is 6.77. The van der Waals surface area contributed by atoms with Crippen LogP contribution < -0.4 is 15.5 Å². The molecule has 1 saturated heterocycles. The average molecular weight is 478 g/mol. The van der Waals surface area contributed by atoms with Crippen LogP contribution in [0.25, 0.3) is 0 Å². The van der Waals surface area contributed by atoms with Gasteiger partial charge >= 0.3 is 0 Å². The Morgan fingerprint density at radius 1 is 1.20 bits per heavy atom. The van der Waals surface area contributed by atoms with Crippen molar-refractivity contribution in [3.8, 4) is 0 Å². The zero-order valence-electron chi connectivity index (χ0n) is 15.7. The maximum absolute atomic E-state index is 5.40. The van der Waals surface area contributed by atoms with Crippen LogP contribution in [-0.2, 0) is 11.3 Å². The first kappa shape index (κ1) is 22.4. The molecule has 2 N–H and O–H groups in total. The van der Waals surface area contributed by atoms with E-state index in [2.05, 4.69) is 64.9 Å². The number of aliphatic imine (C=N–C) groups is 1. The normalized spacial score (nSPS) is 15.5. The molecule has 2 rings (SSSR count). The predicted molar refractivity (Wildman–Crippen MR) is 121 cm³/mol. The van der Waals surface area contributed by atoms with Crippen LogP contribution in [0.15, 0.2) is 29.3 Å². The lowest BCUT2D eigenvalue weighted by Crippen LogP contribution is -2.43. The molecule has 0 saturated carbocycles. The van der Waals surface area contributed by atoms with E-state index in [1.165, 1.54) is 11.3 Å². The van der Waals surface area contributed by atoms with E-state index in [-0.39, 0.29) is 28.7 Å². The lowest BCUT2D eigenvalue weighted by atomic mass is 10.2. The fourth-order valence-electron chi connectivity index (χ4n) is 2.42. The highest BCUT2D eigenvalue weighted by molar-refractivity contribution is 14.0. The summed E-state index contributed by atoms with van der Waals surface area (Å²) in [6.07, 6.45) is 2.13. The number of guanidine groups is 1. The number of rotatable bonds is 6. The second-order valence-corrected chi connectivity index (χ2v) is 8.02. The fraction of sp³-hybridized carbons (Fsp3) is 0.611. The third-order valence-corrected chi connectivity index (χ3v) is 5.48. The number of halogens is 1. The van der Waals surface area contributed by atoms with Gasteiger partial charge in [-0.05, 0) is 37.8 Å². The Morgan fingerprint density at radius 2 is 1.84 bits per heavy atom. The van der Waals surface area contributed by atoms with E-state index in [4.69, 9.17) is 4.74 Å². The van der Waals surface area contributed by atoms with Crippen LogP contribution in [-0.4, -0.2) is 56.9 Å². The van der Waals surface area contributed by atoms with Gasteiger partial charge in [-0.2, -0.15) is 11.8 Å². The Labute approximate surface area is 173 Å². The Kier molecular flexibility index (Phi) is 9.96. The summed E-state index contributed by atoms with van der Waals surface area (Å²) in [6, 6.07) is 8.73. The highest BCUT2D eigenvalue weighted by Crippen LogP contribution is 2.19. The molecule has 1 fully saturated rings. The minimum absolute atomic E-state index is 0. The number of benzene rings is 1. The van der Waals surface area contributed by atoms with Gasteiger partial charge in [0.2, 0.25) is 0 Å². The number of morpholine rings is 1. The maximum atomic E-state index is 5.40. The van der Waals surface area contributed by atoms with Gasteiger partial charge in [-0.25, -0.2) is 0 Å². The summed E-state index contributed by atoms with van der Waals surface area (Å²) in [6.45, 7) is 9.67. The SMILES string of the molecule is CN=C(NCc1ccc(N2CCOCC2)cc1)NCC(C)(C)SC.I. The largest absolute Gasteiger partial charge is 0.378 e. The van der Waals surface area contributed by atoms with Gasteiger partial charge in [-0.3, -0.25) is 4.99 Å². The standard InChI is InChI=1S/C18H30N4OS.HI/c1-18(2,24-4)14-21-17(19-3)20-13-15-5-7-16(8-6-15)22-9-11-23-12-10-22;/h5-8H,9-14H2,1-4H3,(H2,19,20,21);1H. The molecule has 0 radical (unpaired) electrons. The van der Waals surface area contributed by atoms with E-state index in [9.17, 15) is 0 Å². The van der Waals surface area contributed by atoms with Crippen LogP contribution in [0.5, 0.6) is 0 Å². The zero-order valence-corrected chi connectivity index (χ0v) is 18.8. The number of ether oxygens (including phenoxy) is 1. The van der Waals surface area contributed by atoms with Crippen LogP contribution in [0.1, 0.15) is 19.4 Å². The molecule has 0 amide bonds. The van der Waals surface area contributed by atoms with E-state index in [0.717, 1.165) is 45.4 Å². The van der Waals surface area contributed by atoms with E-state index in [1.807, 2.05) is 18.8 Å². The van der Waals surface area contributed by atoms with E-state index in [1.54, 1.807) is 0 Å². The monoisotopic (exact) mass is 478 g/mol. The molecular weight excluding hydrogens is 447 g/mol. The van der Waals surface area contributed by atoms with Crippen molar-refractivity contribution >= 4 is 47.4 Å². The van der Waals surface area contributed by atoms with Crippen molar-refractivity contribution < 1.29 is 4.74 Å². The minimum atomic E-state index is 0. The third kappa shape index (κ3) is 7.62. The topological polar surface area (TPSA) is 48.9 Å². The first-order valence-electron chi connectivity index (χ1n) is 8.45. The van der Waals surface area contributed by atoms with Gasteiger partial charge in [0.05, 0.1) is 13.2 Å². The Bertz CT molecular complexity index is 530. The Hall–Kier alpha value is -0.670. The molecule has 0 bridgehead atoms. The van der Waals surface area contributed by atoms with Crippen LogP contribution in [0, 0.1) is 0 Å². The summed E-state index contributed by atoms with van der Waals surface area (Å²) in [7, 11) is 1.81. The van der Waals surface area contributed by atoms with Crippen molar-refractivity contribution in [1.29, 1.82) is 0 Å². The Balaban J connectivity index is 0.00000312. The number of thioether (sulfide) groups is 1. The second-order valence-electron chi connectivity index (χ2n) is 6.51. The smallest absolute Gasteiger partial charge is 0.191 e. The molecule has 25 heavy (non-hydrogen) atoms. The second kappa shape index (κ2) is 11.1. The van der Waals surface area contributed by atoms with Crippen LogP contribution in [0.3, 0.4) is 0 Å². The number of anilines is 1. The molecule has 1 heterocycles. The van der Waals surface area contributed by atoms with Crippen LogP contribution >= 0.6 is 35.7 Å². The van der Waals surface area contributed by atoms with E-state index in [0.29, 0.717) is 0 Å². The summed E-state index contributed by atoms with van der Waals surface area (Å²) >= 11 is 1.85. The minimum Gasteiger partial charge on any atom is -0.378 e. The molecule has 0 spiro atoms. The summed E-state index contributed by atoms with van der Waals surface area (Å²) in [5.41, 5.74) is 2.52. The van der Waals surface area contributed by atoms with Gasteiger partial charge in [0.25, 0.3) is 0 Å². The van der Waals surface area contributed by atoms with Crippen molar-refractivity contribution in [2.75, 3.05) is 51.1 Å². The zero-order chi connectivity index (χ0) is 17.4. The molecular formula is C18H31IN4OS. The van der Waals surface area contributed by atoms with Crippen molar-refractivity contribution in [3.63, 3.8) is 0 Å². The van der Waals surface area contributed by atoms with Gasteiger partial charge in [-0.1, -0.05) is 12.1 Å². The number of nitrogens with one attached hydrogen (secondary N) is 2. The molecule has 0 aliphatic carbocycles. The first-order chi connectivity index (χ1) is 11.5. The lowest BCUT2D eigenvalue weighted by Gasteiger charge is -2.29. The number of hydrogen-bond acceptors (Lipinski definition) is 4. The van der Waals surface area contributed by atoms with Gasteiger partial charge in [-0.15, -0.1) is 24.0 Å². The van der Waals surface area contributed by atoms with Crippen molar-refractivity contribution in [2.45, 2.75) is 25.1 Å². The molecule has 142 valence electrons. The van der Waals surface area contributed by atoms with Crippen molar-refractivity contribution in [1.82, 2.24) is 10.6 Å². The van der Waals surface area contributed by atoms with Gasteiger partial charge < -0.3 is 20.3 Å². The summed E-state index contributed by atoms with van der Waals surface area (Å²) in [5.74, 6) is 0.842. The highest BCUT2D eigenvalue weighted by atomic mass is 127. The summed E-state index contributed by atoms with van der Waals surface area (Å²) in [4.78, 5) is 6.66. The molecule has 0 aromatic heterocycles. The van der Waals surface area contributed by atoms with E-state index < -0.39 is 0 Å². The van der Waals surface area contributed by atoms with Gasteiger partial charge in [0.1, 0.15) is 0 Å². The van der Waals surface area contributed by atoms with Crippen molar-refractivity contribution in [2.24, 2.45) is 4.99 Å². The van der Waals surface area contributed by atoms with Gasteiger partial charge in [0.15, 0.2) is 5.96 Å². The highest BCUT2D eigenvalue weighted by Gasteiger charge is 2.16. The lowest BCUT2D eigenvalue weighted by molar-refractivity contribution is 0.122. The number of nitrogens with zero attached hydrogens (tertiary/aromatic N) is 2. The number of hydrogen-bond donors (Lipinski definition) is 2. The molecule has 0 unspecified atom stereocenters. The van der Waals surface area contributed by atoms with Crippen molar-refractivity contribution in [3.05, 3.63) is 29.8 Å². The molecule has 1 aliphatic rings. The van der Waals surface area contributed by atoms with Crippen LogP contribution in [0.2, 0.25) is 0 Å². The fourth-order valence-corrected chi connectivity index (χ4v) is 2.64. The molecule has 5 nitrogen and oxygen atoms in total. The maximum Gasteiger partial charge on any atom is 0.191 e. The van der Waals surface area contributed by atoms with Crippen LogP contribution in [0.4, 0.5) is 5.69 Å². The first-order valence-corrected chi connectivity index (χ1v) is 9.68. The molecule has 0 atom stereocenters.